The number of hydrogen-bond acceptors (Lipinski definition) is 7. The number of anilines is 1. The highest BCUT2D eigenvalue weighted by Crippen LogP contribution is 2.27. The van der Waals surface area contributed by atoms with Crippen molar-refractivity contribution in [3.05, 3.63) is 59.4 Å². The first-order valence-corrected chi connectivity index (χ1v) is 11.2. The zero-order valence-electron chi connectivity index (χ0n) is 16.0. The molecule has 1 heterocycles. The molecule has 10 heteroatoms. The number of nitriles is 1. The molecular formula is C20H18ClN5O2S2. The van der Waals surface area contributed by atoms with Crippen LogP contribution in [0, 0.1) is 11.3 Å². The van der Waals surface area contributed by atoms with Gasteiger partial charge in [0, 0.05) is 17.0 Å². The molecule has 7 nitrogen and oxygen atoms in total. The Morgan fingerprint density at radius 3 is 2.73 bits per heavy atom. The second-order valence-corrected chi connectivity index (χ2v) is 8.38. The van der Waals surface area contributed by atoms with Crippen molar-refractivity contribution >= 4 is 46.7 Å². The lowest BCUT2D eigenvalue weighted by Gasteiger charge is -2.09. The molecule has 0 fully saturated rings. The summed E-state index contributed by atoms with van der Waals surface area (Å²) < 4.78 is 7.49. The average Bonchev–Trinajstić information content (AvgIpc) is 3.10. The number of carbonyl (C=O) groups is 1. The van der Waals surface area contributed by atoms with Gasteiger partial charge in [0.15, 0.2) is 11.0 Å². The third kappa shape index (κ3) is 6.16. The van der Waals surface area contributed by atoms with Gasteiger partial charge in [0.25, 0.3) is 0 Å². The highest BCUT2D eigenvalue weighted by molar-refractivity contribution is 8.00. The van der Waals surface area contributed by atoms with Crippen LogP contribution in [0.25, 0.3) is 0 Å². The molecule has 1 N–H and O–H groups in total. The smallest absolute Gasteiger partial charge is 0.234 e. The molecule has 154 valence electrons. The lowest BCUT2D eigenvalue weighted by molar-refractivity contribution is -0.113. The Kier molecular flexibility index (Phi) is 8.02. The van der Waals surface area contributed by atoms with Gasteiger partial charge in [-0.3, -0.25) is 4.79 Å². The third-order valence-corrected chi connectivity index (χ3v) is 6.11. The first-order valence-electron chi connectivity index (χ1n) is 8.85. The normalized spacial score (nSPS) is 10.4. The molecule has 30 heavy (non-hydrogen) atoms. The number of halogens is 1. The van der Waals surface area contributed by atoms with Gasteiger partial charge in [-0.15, -0.1) is 22.0 Å². The summed E-state index contributed by atoms with van der Waals surface area (Å²) in [4.78, 5) is 13.2. The number of nitrogens with zero attached hydrogens (tertiary/aromatic N) is 4. The van der Waals surface area contributed by atoms with Crippen LogP contribution in [-0.2, 0) is 18.4 Å². The summed E-state index contributed by atoms with van der Waals surface area (Å²) in [5.41, 5.74) is 0.693. The second kappa shape index (κ2) is 10.9. The summed E-state index contributed by atoms with van der Waals surface area (Å²) in [6, 6.07) is 16.6. The number of benzene rings is 2. The van der Waals surface area contributed by atoms with Crippen molar-refractivity contribution in [3.8, 4) is 11.8 Å². The fraction of sp³-hybridized carbons (Fsp3) is 0.200. The van der Waals surface area contributed by atoms with Gasteiger partial charge in [-0.25, -0.2) is 0 Å². The van der Waals surface area contributed by atoms with Crippen molar-refractivity contribution < 1.29 is 9.53 Å². The summed E-state index contributed by atoms with van der Waals surface area (Å²) in [5, 5.41) is 21.2. The van der Waals surface area contributed by atoms with Crippen LogP contribution in [0.3, 0.4) is 0 Å². The molecule has 3 aromatic rings. The predicted octanol–water partition coefficient (Wildman–Crippen LogP) is 4.39. The molecule has 0 unspecified atom stereocenters. The molecule has 0 aliphatic carbocycles. The number of aromatic nitrogens is 3. The van der Waals surface area contributed by atoms with E-state index in [4.69, 9.17) is 21.6 Å². The SMILES string of the molecule is Cn1c(COc2ccc(Cl)cc2)nnc1SCC(=O)Nc1ccccc1SCC#N. The van der Waals surface area contributed by atoms with Crippen molar-refractivity contribution in [1.82, 2.24) is 14.8 Å². The van der Waals surface area contributed by atoms with E-state index in [2.05, 4.69) is 21.6 Å². The molecular weight excluding hydrogens is 442 g/mol. The molecule has 0 atom stereocenters. The summed E-state index contributed by atoms with van der Waals surface area (Å²) in [5.74, 6) is 1.67. The van der Waals surface area contributed by atoms with E-state index in [1.54, 1.807) is 28.8 Å². The highest BCUT2D eigenvalue weighted by atomic mass is 35.5. The maximum absolute atomic E-state index is 12.4. The average molecular weight is 460 g/mol. The molecule has 0 radical (unpaired) electrons. The van der Waals surface area contributed by atoms with Gasteiger partial charge in [-0.05, 0) is 36.4 Å². The lowest BCUT2D eigenvalue weighted by atomic mass is 10.3. The van der Waals surface area contributed by atoms with Crippen LogP contribution in [0.4, 0.5) is 5.69 Å². The zero-order valence-corrected chi connectivity index (χ0v) is 18.4. The van der Waals surface area contributed by atoms with Crippen LogP contribution >= 0.6 is 35.1 Å². The van der Waals surface area contributed by atoms with E-state index in [0.717, 1.165) is 4.90 Å². The monoisotopic (exact) mass is 459 g/mol. The Hall–Kier alpha value is -2.67. The fourth-order valence-corrected chi connectivity index (χ4v) is 3.92. The van der Waals surface area contributed by atoms with E-state index in [9.17, 15) is 4.79 Å². The van der Waals surface area contributed by atoms with Crippen LogP contribution in [0.1, 0.15) is 5.82 Å². The first kappa shape index (κ1) is 22.0. The Balaban J connectivity index is 1.53. The van der Waals surface area contributed by atoms with E-state index in [-0.39, 0.29) is 18.3 Å². The number of para-hydroxylation sites is 1. The number of nitrogens with one attached hydrogen (secondary N) is 1. The molecule has 0 spiro atoms. The maximum atomic E-state index is 12.4. The Morgan fingerprint density at radius 1 is 1.20 bits per heavy atom. The van der Waals surface area contributed by atoms with E-state index in [1.807, 2.05) is 31.3 Å². The van der Waals surface area contributed by atoms with Gasteiger partial charge in [-0.2, -0.15) is 5.26 Å². The van der Waals surface area contributed by atoms with E-state index < -0.39 is 0 Å². The van der Waals surface area contributed by atoms with Crippen LogP contribution in [0.15, 0.2) is 58.6 Å². The lowest BCUT2D eigenvalue weighted by Crippen LogP contribution is -2.15. The van der Waals surface area contributed by atoms with Gasteiger partial charge in [-0.1, -0.05) is 35.5 Å². The van der Waals surface area contributed by atoms with Crippen molar-refractivity contribution in [2.75, 3.05) is 16.8 Å². The second-order valence-electron chi connectivity index (χ2n) is 5.98. The van der Waals surface area contributed by atoms with Gasteiger partial charge in [0.1, 0.15) is 12.4 Å². The molecule has 0 saturated carbocycles. The molecule has 3 rings (SSSR count). The minimum atomic E-state index is -0.160. The summed E-state index contributed by atoms with van der Waals surface area (Å²) >= 11 is 8.54. The van der Waals surface area contributed by atoms with Gasteiger partial charge in [0.2, 0.25) is 5.91 Å². The van der Waals surface area contributed by atoms with Crippen LogP contribution in [0.5, 0.6) is 5.75 Å². The quantitative estimate of drug-likeness (QED) is 0.474. The molecule has 1 amide bonds. The highest BCUT2D eigenvalue weighted by Gasteiger charge is 2.13. The minimum absolute atomic E-state index is 0.160. The molecule has 1 aromatic heterocycles. The fourth-order valence-electron chi connectivity index (χ4n) is 2.40. The number of thioether (sulfide) groups is 2. The predicted molar refractivity (Wildman–Crippen MR) is 119 cm³/mol. The standard InChI is InChI=1S/C20H18ClN5O2S2/c1-26-18(12-28-15-8-6-14(21)7-9-15)24-25-20(26)30-13-19(27)23-16-4-2-3-5-17(16)29-11-10-22/h2-9H,11-13H2,1H3,(H,23,27). The number of hydrogen-bond donors (Lipinski definition) is 1. The van der Waals surface area contributed by atoms with Gasteiger partial charge in [0.05, 0.1) is 23.3 Å². The van der Waals surface area contributed by atoms with E-state index >= 15 is 0 Å². The van der Waals surface area contributed by atoms with Crippen LogP contribution in [0.2, 0.25) is 5.02 Å². The zero-order chi connectivity index (χ0) is 21.3. The number of amides is 1. The largest absolute Gasteiger partial charge is 0.486 e. The summed E-state index contributed by atoms with van der Waals surface area (Å²) in [6.07, 6.45) is 0. The van der Waals surface area contributed by atoms with Crippen molar-refractivity contribution in [2.45, 2.75) is 16.7 Å². The molecule has 0 aliphatic rings. The van der Waals surface area contributed by atoms with E-state index in [0.29, 0.717) is 33.2 Å². The number of ether oxygens (including phenoxy) is 1. The summed E-state index contributed by atoms with van der Waals surface area (Å²) in [6.45, 7) is 0.251. The Bertz CT molecular complexity index is 1050. The molecule has 0 bridgehead atoms. The third-order valence-electron chi connectivity index (χ3n) is 3.89. The van der Waals surface area contributed by atoms with E-state index in [1.165, 1.54) is 23.5 Å². The topological polar surface area (TPSA) is 92.8 Å². The summed E-state index contributed by atoms with van der Waals surface area (Å²) in [7, 11) is 1.83. The van der Waals surface area contributed by atoms with Crippen molar-refractivity contribution in [1.29, 1.82) is 5.26 Å². The minimum Gasteiger partial charge on any atom is -0.486 e. The Labute approximate surface area is 187 Å². The molecule has 2 aromatic carbocycles. The van der Waals surface area contributed by atoms with Crippen LogP contribution < -0.4 is 10.1 Å². The molecule has 0 aliphatic heterocycles. The first-order chi connectivity index (χ1) is 14.6. The van der Waals surface area contributed by atoms with Crippen LogP contribution in [-0.4, -0.2) is 32.2 Å². The Morgan fingerprint density at radius 2 is 1.97 bits per heavy atom. The number of carbonyl (C=O) groups excluding carboxylic acids is 1. The molecule has 0 saturated heterocycles. The van der Waals surface area contributed by atoms with Crippen molar-refractivity contribution in [3.63, 3.8) is 0 Å². The van der Waals surface area contributed by atoms with Gasteiger partial charge >= 0.3 is 0 Å². The van der Waals surface area contributed by atoms with Crippen molar-refractivity contribution in [2.24, 2.45) is 7.05 Å². The van der Waals surface area contributed by atoms with Gasteiger partial charge < -0.3 is 14.6 Å². The number of rotatable bonds is 9. The maximum Gasteiger partial charge on any atom is 0.234 e.